The molecule has 2 aromatic carbocycles. The zero-order valence-corrected chi connectivity index (χ0v) is 14.8. The van der Waals surface area contributed by atoms with Crippen molar-refractivity contribution < 1.29 is 19.1 Å². The van der Waals surface area contributed by atoms with Gasteiger partial charge in [-0.15, -0.1) is 0 Å². The summed E-state index contributed by atoms with van der Waals surface area (Å²) in [6.45, 7) is 1.94. The molecule has 1 atom stereocenters. The van der Waals surface area contributed by atoms with Crippen LogP contribution in [-0.2, 0) is 14.3 Å². The maximum Gasteiger partial charge on any atom is 0.326 e. The van der Waals surface area contributed by atoms with Crippen molar-refractivity contribution in [3.05, 3.63) is 69.7 Å². The molecule has 2 aromatic rings. The van der Waals surface area contributed by atoms with Crippen LogP contribution in [0.4, 0.5) is 0 Å². The molecule has 1 heterocycles. The summed E-state index contributed by atoms with van der Waals surface area (Å²) in [7, 11) is 1.55. The second-order valence-corrected chi connectivity index (χ2v) is 6.38. The quantitative estimate of drug-likeness (QED) is 0.590. The van der Waals surface area contributed by atoms with Crippen molar-refractivity contribution in [3.63, 3.8) is 0 Å². The summed E-state index contributed by atoms with van der Waals surface area (Å²) in [5, 5.41) is 0. The second-order valence-electron chi connectivity index (χ2n) is 5.52. The lowest BCUT2D eigenvalue weighted by Gasteiger charge is -2.21. The van der Waals surface area contributed by atoms with Gasteiger partial charge in [0.05, 0.1) is 7.11 Å². The first-order valence-electron chi connectivity index (χ1n) is 7.37. The molecule has 24 heavy (non-hydrogen) atoms. The van der Waals surface area contributed by atoms with Gasteiger partial charge in [0.2, 0.25) is 0 Å². The summed E-state index contributed by atoms with van der Waals surface area (Å²) in [6, 6.07) is 12.5. The van der Waals surface area contributed by atoms with Crippen LogP contribution in [-0.4, -0.2) is 18.9 Å². The number of carbonyl (C=O) groups is 2. The molecule has 0 spiro atoms. The van der Waals surface area contributed by atoms with E-state index in [-0.39, 0.29) is 11.5 Å². The number of carbonyl (C=O) groups excluding carboxylic acids is 2. The fourth-order valence-corrected chi connectivity index (χ4v) is 3.31. The zero-order chi connectivity index (χ0) is 17.3. The minimum atomic E-state index is -0.950. The monoisotopic (exact) mass is 386 g/mol. The van der Waals surface area contributed by atoms with Crippen LogP contribution in [0.3, 0.4) is 0 Å². The molecule has 4 nitrogen and oxygen atoms in total. The van der Waals surface area contributed by atoms with Crippen LogP contribution in [0.5, 0.6) is 5.75 Å². The SMILES string of the molecule is COc1cccc(C2=CC(=O)C(c3ccc(C)cc3Br)C(=O)O2)c1. The number of esters is 1. The number of rotatable bonds is 3. The van der Waals surface area contributed by atoms with Crippen LogP contribution >= 0.6 is 15.9 Å². The van der Waals surface area contributed by atoms with E-state index in [4.69, 9.17) is 9.47 Å². The summed E-state index contributed by atoms with van der Waals surface area (Å²) >= 11 is 3.42. The molecule has 122 valence electrons. The number of aryl methyl sites for hydroxylation is 1. The molecular weight excluding hydrogens is 372 g/mol. The van der Waals surface area contributed by atoms with Crippen LogP contribution in [0.1, 0.15) is 22.6 Å². The Bertz CT molecular complexity index is 854. The molecule has 0 aromatic heterocycles. The molecule has 0 bridgehead atoms. The number of ether oxygens (including phenoxy) is 2. The Balaban J connectivity index is 1.97. The van der Waals surface area contributed by atoms with E-state index in [9.17, 15) is 9.59 Å². The summed E-state index contributed by atoms with van der Waals surface area (Å²) in [5.74, 6) is -0.962. The Morgan fingerprint density at radius 2 is 1.92 bits per heavy atom. The van der Waals surface area contributed by atoms with Crippen molar-refractivity contribution in [1.82, 2.24) is 0 Å². The Hall–Kier alpha value is -2.40. The van der Waals surface area contributed by atoms with Gasteiger partial charge < -0.3 is 9.47 Å². The van der Waals surface area contributed by atoms with Gasteiger partial charge in [0.15, 0.2) is 5.78 Å². The van der Waals surface area contributed by atoms with Crippen molar-refractivity contribution in [3.8, 4) is 5.75 Å². The van der Waals surface area contributed by atoms with Gasteiger partial charge in [-0.05, 0) is 36.2 Å². The Morgan fingerprint density at radius 1 is 1.12 bits per heavy atom. The van der Waals surface area contributed by atoms with E-state index in [2.05, 4.69) is 15.9 Å². The largest absolute Gasteiger partial charge is 0.497 e. The lowest BCUT2D eigenvalue weighted by molar-refractivity contribution is -0.142. The molecule has 0 saturated heterocycles. The Kier molecular flexibility index (Phi) is 4.53. The van der Waals surface area contributed by atoms with E-state index >= 15 is 0 Å². The van der Waals surface area contributed by atoms with E-state index in [0.29, 0.717) is 16.9 Å². The normalized spacial score (nSPS) is 17.3. The molecule has 0 fully saturated rings. The molecule has 3 rings (SSSR count). The summed E-state index contributed by atoms with van der Waals surface area (Å²) in [5.41, 5.74) is 2.27. The number of cyclic esters (lactones) is 1. The molecular formula is C19H15BrO4. The van der Waals surface area contributed by atoms with E-state index < -0.39 is 11.9 Å². The summed E-state index contributed by atoms with van der Waals surface area (Å²) < 4.78 is 11.3. The fraction of sp³-hybridized carbons (Fsp3) is 0.158. The summed E-state index contributed by atoms with van der Waals surface area (Å²) in [4.78, 5) is 25.0. The van der Waals surface area contributed by atoms with E-state index in [0.717, 1.165) is 10.0 Å². The molecule has 0 aliphatic carbocycles. The summed E-state index contributed by atoms with van der Waals surface area (Å²) in [6.07, 6.45) is 1.37. The minimum absolute atomic E-state index is 0.239. The highest BCUT2D eigenvalue weighted by Crippen LogP contribution is 2.34. The molecule has 1 unspecified atom stereocenters. The smallest absolute Gasteiger partial charge is 0.326 e. The average molecular weight is 387 g/mol. The van der Waals surface area contributed by atoms with Gasteiger partial charge in [0.1, 0.15) is 17.4 Å². The van der Waals surface area contributed by atoms with E-state index in [1.807, 2.05) is 19.1 Å². The highest BCUT2D eigenvalue weighted by Gasteiger charge is 2.35. The number of allylic oxidation sites excluding steroid dienone is 1. The highest BCUT2D eigenvalue weighted by atomic mass is 79.9. The average Bonchev–Trinajstić information content (AvgIpc) is 2.56. The third-order valence-electron chi connectivity index (χ3n) is 3.83. The number of halogens is 1. The first kappa shape index (κ1) is 16.5. The number of methoxy groups -OCH3 is 1. The van der Waals surface area contributed by atoms with Crippen LogP contribution < -0.4 is 4.74 Å². The maximum atomic E-state index is 12.6. The number of benzene rings is 2. The van der Waals surface area contributed by atoms with Crippen LogP contribution in [0, 0.1) is 6.92 Å². The van der Waals surface area contributed by atoms with Crippen molar-refractivity contribution >= 4 is 33.4 Å². The Labute approximate surface area is 148 Å². The number of ketones is 1. The van der Waals surface area contributed by atoms with Gasteiger partial charge in [0.25, 0.3) is 0 Å². The van der Waals surface area contributed by atoms with Gasteiger partial charge in [-0.3, -0.25) is 9.59 Å². The molecule has 1 aliphatic heterocycles. The molecule has 0 saturated carbocycles. The molecule has 0 N–H and O–H groups in total. The highest BCUT2D eigenvalue weighted by molar-refractivity contribution is 9.10. The maximum absolute atomic E-state index is 12.6. The first-order chi connectivity index (χ1) is 11.5. The van der Waals surface area contributed by atoms with Crippen molar-refractivity contribution in [2.45, 2.75) is 12.8 Å². The lowest BCUT2D eigenvalue weighted by Crippen LogP contribution is -2.27. The molecule has 0 amide bonds. The third kappa shape index (κ3) is 3.12. The van der Waals surface area contributed by atoms with Crippen molar-refractivity contribution in [2.24, 2.45) is 0 Å². The molecule has 0 radical (unpaired) electrons. The molecule has 5 heteroatoms. The molecule has 1 aliphatic rings. The van der Waals surface area contributed by atoms with Gasteiger partial charge in [-0.25, -0.2) is 0 Å². The third-order valence-corrected chi connectivity index (χ3v) is 4.51. The zero-order valence-electron chi connectivity index (χ0n) is 13.2. The predicted octanol–water partition coefficient (Wildman–Crippen LogP) is 4.02. The number of hydrogen-bond donors (Lipinski definition) is 0. The van der Waals surface area contributed by atoms with Crippen LogP contribution in [0.15, 0.2) is 53.0 Å². The van der Waals surface area contributed by atoms with Crippen molar-refractivity contribution in [2.75, 3.05) is 7.11 Å². The van der Waals surface area contributed by atoms with Crippen molar-refractivity contribution in [1.29, 1.82) is 0 Å². The van der Waals surface area contributed by atoms with E-state index in [1.54, 1.807) is 37.4 Å². The second kappa shape index (κ2) is 6.61. The van der Waals surface area contributed by atoms with E-state index in [1.165, 1.54) is 6.08 Å². The minimum Gasteiger partial charge on any atom is -0.497 e. The standard InChI is InChI=1S/C19H15BrO4/c1-11-6-7-14(15(20)8-11)18-16(21)10-17(24-19(18)22)12-4-3-5-13(9-12)23-2/h3-10,18H,1-2H3. The fourth-order valence-electron chi connectivity index (χ4n) is 2.59. The predicted molar refractivity (Wildman–Crippen MR) is 93.7 cm³/mol. The van der Waals surface area contributed by atoms with Gasteiger partial charge >= 0.3 is 5.97 Å². The van der Waals surface area contributed by atoms with Crippen LogP contribution in [0.2, 0.25) is 0 Å². The van der Waals surface area contributed by atoms with Crippen LogP contribution in [0.25, 0.3) is 5.76 Å². The first-order valence-corrected chi connectivity index (χ1v) is 8.16. The van der Waals surface area contributed by atoms with Gasteiger partial charge in [-0.2, -0.15) is 0 Å². The number of hydrogen-bond acceptors (Lipinski definition) is 4. The lowest BCUT2D eigenvalue weighted by atomic mass is 9.91. The van der Waals surface area contributed by atoms with Gasteiger partial charge in [-0.1, -0.05) is 40.2 Å². The topological polar surface area (TPSA) is 52.6 Å². The Morgan fingerprint density at radius 3 is 2.58 bits per heavy atom. The van der Waals surface area contributed by atoms with Gasteiger partial charge in [0, 0.05) is 16.1 Å².